The molecule has 3 atom stereocenters. The van der Waals surface area contributed by atoms with E-state index in [2.05, 4.69) is 39.7 Å². The molecule has 7 heteroatoms. The average Bonchev–Trinajstić information content (AvgIpc) is 3.49. The smallest absolute Gasteiger partial charge is 0.170 e. The number of aryl methyl sites for hydroxylation is 1. The summed E-state index contributed by atoms with van der Waals surface area (Å²) in [5, 5.41) is 14.8. The summed E-state index contributed by atoms with van der Waals surface area (Å²) in [6, 6.07) is 15.6. The van der Waals surface area contributed by atoms with Crippen molar-refractivity contribution in [1.82, 2.24) is 19.8 Å². The fourth-order valence-electron chi connectivity index (χ4n) is 5.06. The predicted molar refractivity (Wildman–Crippen MR) is 128 cm³/mol. The Kier molecular flexibility index (Phi) is 5.61. The van der Waals surface area contributed by atoms with Gasteiger partial charge in [0.1, 0.15) is 5.75 Å². The third-order valence-corrected chi connectivity index (χ3v) is 6.89. The number of nitrogens with zero attached hydrogens (tertiary/aromatic N) is 3. The largest absolute Gasteiger partial charge is 0.506 e. The predicted octanol–water partition coefficient (Wildman–Crippen LogP) is 4.35. The number of thiocarbonyl (C=S) groups is 1. The molecule has 4 heterocycles. The Hall–Kier alpha value is -2.90. The van der Waals surface area contributed by atoms with Crippen LogP contribution in [0.25, 0.3) is 5.69 Å². The minimum atomic E-state index is -0.0663. The van der Waals surface area contributed by atoms with E-state index in [0.717, 1.165) is 53.9 Å². The number of hydrogen-bond acceptors (Lipinski definition) is 4. The van der Waals surface area contributed by atoms with Gasteiger partial charge in [-0.05, 0) is 74.8 Å². The van der Waals surface area contributed by atoms with Gasteiger partial charge in [-0.3, -0.25) is 4.98 Å². The van der Waals surface area contributed by atoms with Crippen molar-refractivity contribution in [3.63, 3.8) is 0 Å². The summed E-state index contributed by atoms with van der Waals surface area (Å²) < 4.78 is 8.07. The molecule has 0 radical (unpaired) electrons. The summed E-state index contributed by atoms with van der Waals surface area (Å²) in [6.07, 6.45) is 4.15. The van der Waals surface area contributed by atoms with Gasteiger partial charge in [-0.1, -0.05) is 18.2 Å². The fraction of sp³-hybridized carbons (Fsp3) is 0.360. The van der Waals surface area contributed by atoms with E-state index in [1.807, 2.05) is 42.6 Å². The quantitative estimate of drug-likeness (QED) is 0.566. The Bertz CT molecular complexity index is 1120. The first-order valence-electron chi connectivity index (χ1n) is 11.1. The van der Waals surface area contributed by atoms with Crippen molar-refractivity contribution in [1.29, 1.82) is 0 Å². The van der Waals surface area contributed by atoms with E-state index in [0.29, 0.717) is 0 Å². The first-order valence-corrected chi connectivity index (χ1v) is 11.5. The van der Waals surface area contributed by atoms with Gasteiger partial charge in [0.2, 0.25) is 0 Å². The van der Waals surface area contributed by atoms with Gasteiger partial charge in [-0.25, -0.2) is 0 Å². The molecule has 0 amide bonds. The summed E-state index contributed by atoms with van der Waals surface area (Å²) in [7, 11) is 0. The second kappa shape index (κ2) is 8.56. The van der Waals surface area contributed by atoms with Gasteiger partial charge in [0, 0.05) is 30.7 Å². The van der Waals surface area contributed by atoms with Gasteiger partial charge in [0.05, 0.1) is 29.6 Å². The Morgan fingerprint density at radius 2 is 2.00 bits per heavy atom. The highest BCUT2D eigenvalue weighted by atomic mass is 32.1. The number of phenolic OH excluding ortho intramolecular Hbond substituents is 1. The van der Waals surface area contributed by atoms with Crippen LogP contribution >= 0.6 is 12.2 Å². The molecule has 3 unspecified atom stereocenters. The van der Waals surface area contributed by atoms with Gasteiger partial charge in [-0.15, -0.1) is 0 Å². The summed E-state index contributed by atoms with van der Waals surface area (Å²) >= 11 is 5.81. The third kappa shape index (κ3) is 3.65. The average molecular weight is 449 g/mol. The van der Waals surface area contributed by atoms with Gasteiger partial charge in [0.15, 0.2) is 5.11 Å². The van der Waals surface area contributed by atoms with Crippen LogP contribution in [0.4, 0.5) is 0 Å². The molecule has 2 saturated heterocycles. The van der Waals surface area contributed by atoms with Gasteiger partial charge < -0.3 is 24.6 Å². The van der Waals surface area contributed by atoms with E-state index in [1.54, 1.807) is 6.07 Å². The number of rotatable bonds is 5. The van der Waals surface area contributed by atoms with E-state index >= 15 is 0 Å². The molecule has 2 aliphatic heterocycles. The van der Waals surface area contributed by atoms with Crippen LogP contribution in [0.5, 0.6) is 5.75 Å². The third-order valence-electron chi connectivity index (χ3n) is 6.53. The summed E-state index contributed by atoms with van der Waals surface area (Å²) in [5.41, 5.74) is 5.06. The SMILES string of the molecule is Cc1cc(C2C(c3ccccn3)NC(=S)N2CC2CCCO2)c(C)n1-c1ccccc1O. The van der Waals surface area contributed by atoms with Crippen LogP contribution in [0.3, 0.4) is 0 Å². The molecule has 2 aliphatic rings. The van der Waals surface area contributed by atoms with Crippen molar-refractivity contribution in [3.05, 3.63) is 77.4 Å². The van der Waals surface area contributed by atoms with Crippen LogP contribution in [0.2, 0.25) is 0 Å². The molecule has 2 fully saturated rings. The number of benzene rings is 1. The molecule has 0 aliphatic carbocycles. The topological polar surface area (TPSA) is 62.5 Å². The van der Waals surface area contributed by atoms with Crippen molar-refractivity contribution >= 4 is 17.3 Å². The number of aromatic hydroxyl groups is 1. The first kappa shape index (κ1) is 21.0. The highest BCUT2D eigenvalue weighted by molar-refractivity contribution is 7.80. The van der Waals surface area contributed by atoms with E-state index in [-0.39, 0.29) is 23.9 Å². The molecule has 0 saturated carbocycles. The summed E-state index contributed by atoms with van der Waals surface area (Å²) in [4.78, 5) is 6.91. The lowest BCUT2D eigenvalue weighted by Crippen LogP contribution is -2.36. The van der Waals surface area contributed by atoms with E-state index in [4.69, 9.17) is 17.0 Å². The minimum absolute atomic E-state index is 0.0209. The second-order valence-electron chi connectivity index (χ2n) is 8.56. The highest BCUT2D eigenvalue weighted by Crippen LogP contribution is 2.42. The lowest BCUT2D eigenvalue weighted by atomic mass is 9.96. The molecule has 3 aromatic rings. The van der Waals surface area contributed by atoms with Gasteiger partial charge in [0.25, 0.3) is 0 Å². The fourth-order valence-corrected chi connectivity index (χ4v) is 5.37. The van der Waals surface area contributed by atoms with Gasteiger partial charge >= 0.3 is 0 Å². The van der Waals surface area contributed by atoms with E-state index < -0.39 is 0 Å². The molecule has 6 nitrogen and oxygen atoms in total. The molecule has 2 N–H and O–H groups in total. The number of pyridine rings is 1. The summed E-state index contributed by atoms with van der Waals surface area (Å²) in [6.45, 7) is 5.74. The monoisotopic (exact) mass is 448 g/mol. The minimum Gasteiger partial charge on any atom is -0.506 e. The number of phenols is 1. The molecule has 5 rings (SSSR count). The van der Waals surface area contributed by atoms with Gasteiger partial charge in [-0.2, -0.15) is 0 Å². The lowest BCUT2D eigenvalue weighted by Gasteiger charge is -2.30. The number of hydrogen-bond donors (Lipinski definition) is 2. The Morgan fingerprint density at radius 1 is 1.19 bits per heavy atom. The van der Waals surface area contributed by atoms with Crippen LogP contribution < -0.4 is 5.32 Å². The maximum absolute atomic E-state index is 10.5. The van der Waals surface area contributed by atoms with Crippen molar-refractivity contribution in [3.8, 4) is 11.4 Å². The maximum atomic E-state index is 10.5. The highest BCUT2D eigenvalue weighted by Gasteiger charge is 2.42. The Labute approximate surface area is 193 Å². The zero-order valence-electron chi connectivity index (χ0n) is 18.4. The molecule has 166 valence electrons. The van der Waals surface area contributed by atoms with Crippen LogP contribution in [-0.2, 0) is 4.74 Å². The van der Waals surface area contributed by atoms with Crippen LogP contribution in [0.1, 0.15) is 47.6 Å². The van der Waals surface area contributed by atoms with E-state index in [1.165, 1.54) is 5.56 Å². The molecule has 1 aromatic carbocycles. The summed E-state index contributed by atoms with van der Waals surface area (Å²) in [5.74, 6) is 0.262. The molecular formula is C25H28N4O2S. The molecule has 2 aromatic heterocycles. The standard InChI is InChI=1S/C25H28N4O2S/c1-16-14-19(17(2)29(16)21-10-3-4-11-22(21)30)24-23(20-9-5-6-12-26-20)27-25(32)28(24)15-18-8-7-13-31-18/h3-6,9-12,14,18,23-24,30H,7-8,13,15H2,1-2H3,(H,27,32). The van der Waals surface area contributed by atoms with Crippen molar-refractivity contribution < 1.29 is 9.84 Å². The second-order valence-corrected chi connectivity index (χ2v) is 8.95. The zero-order chi connectivity index (χ0) is 22.2. The number of ether oxygens (including phenoxy) is 1. The first-order chi connectivity index (χ1) is 15.5. The zero-order valence-corrected chi connectivity index (χ0v) is 19.2. The number of nitrogens with one attached hydrogen (secondary N) is 1. The Balaban J connectivity index is 1.60. The van der Waals surface area contributed by atoms with Crippen LogP contribution in [0, 0.1) is 13.8 Å². The Morgan fingerprint density at radius 3 is 2.72 bits per heavy atom. The molecular weight excluding hydrogens is 420 g/mol. The number of para-hydroxylation sites is 2. The van der Waals surface area contributed by atoms with Crippen molar-refractivity contribution in [2.75, 3.05) is 13.2 Å². The normalized spacial score (nSPS) is 23.0. The van der Waals surface area contributed by atoms with Crippen LogP contribution in [-0.4, -0.2) is 43.9 Å². The number of aromatic nitrogens is 2. The molecule has 32 heavy (non-hydrogen) atoms. The molecule has 0 spiro atoms. The maximum Gasteiger partial charge on any atom is 0.170 e. The lowest BCUT2D eigenvalue weighted by molar-refractivity contribution is 0.0842. The van der Waals surface area contributed by atoms with E-state index in [9.17, 15) is 5.11 Å². The van der Waals surface area contributed by atoms with Crippen LogP contribution in [0.15, 0.2) is 54.7 Å². The molecule has 0 bridgehead atoms. The van der Waals surface area contributed by atoms with Crippen molar-refractivity contribution in [2.24, 2.45) is 0 Å². The van der Waals surface area contributed by atoms with Crippen molar-refractivity contribution in [2.45, 2.75) is 44.9 Å².